The van der Waals surface area contributed by atoms with Crippen molar-refractivity contribution in [3.05, 3.63) is 75.8 Å². The number of hydrogen-bond acceptors (Lipinski definition) is 4. The van der Waals surface area contributed by atoms with Gasteiger partial charge in [-0.25, -0.2) is 0 Å². The van der Waals surface area contributed by atoms with Crippen LogP contribution < -0.4 is 5.32 Å². The van der Waals surface area contributed by atoms with Crippen LogP contribution in [0.1, 0.15) is 56.6 Å². The number of para-hydroxylation sites is 1. The third kappa shape index (κ3) is 6.15. The van der Waals surface area contributed by atoms with Crippen molar-refractivity contribution in [2.75, 3.05) is 0 Å². The Balaban J connectivity index is 1.83. The van der Waals surface area contributed by atoms with Gasteiger partial charge in [0.2, 0.25) is 11.8 Å². The average molecular weight is 438 g/mol. The van der Waals surface area contributed by atoms with Gasteiger partial charge >= 0.3 is 0 Å². The molecule has 1 N–H and O–H groups in total. The van der Waals surface area contributed by atoms with Crippen LogP contribution in [0, 0.1) is 10.1 Å². The van der Waals surface area contributed by atoms with Crippen LogP contribution in [0.4, 0.5) is 5.69 Å². The lowest BCUT2D eigenvalue weighted by molar-refractivity contribution is -0.385. The fourth-order valence-corrected chi connectivity index (χ4v) is 4.35. The molecule has 0 saturated heterocycles. The number of benzene rings is 2. The second kappa shape index (κ2) is 11.4. The van der Waals surface area contributed by atoms with E-state index in [-0.39, 0.29) is 36.5 Å². The quantitative estimate of drug-likeness (QED) is 0.465. The van der Waals surface area contributed by atoms with Crippen molar-refractivity contribution in [1.29, 1.82) is 0 Å². The summed E-state index contributed by atoms with van der Waals surface area (Å²) in [4.78, 5) is 39.1. The van der Waals surface area contributed by atoms with E-state index < -0.39 is 11.0 Å². The van der Waals surface area contributed by atoms with E-state index in [1.807, 2.05) is 37.3 Å². The summed E-state index contributed by atoms with van der Waals surface area (Å²) < 4.78 is 0. The van der Waals surface area contributed by atoms with E-state index >= 15 is 0 Å². The molecular formula is C25H31N3O4. The summed E-state index contributed by atoms with van der Waals surface area (Å²) >= 11 is 0. The maximum atomic E-state index is 13.4. The van der Waals surface area contributed by atoms with Crippen LogP contribution in [0.15, 0.2) is 54.6 Å². The Morgan fingerprint density at radius 3 is 2.38 bits per heavy atom. The highest BCUT2D eigenvalue weighted by molar-refractivity contribution is 5.89. The van der Waals surface area contributed by atoms with E-state index in [1.165, 1.54) is 12.5 Å². The lowest BCUT2D eigenvalue weighted by atomic mass is 9.95. The Hall–Kier alpha value is -3.22. The third-order valence-electron chi connectivity index (χ3n) is 6.06. The van der Waals surface area contributed by atoms with Gasteiger partial charge in [0.15, 0.2) is 0 Å². The zero-order valence-electron chi connectivity index (χ0n) is 18.5. The summed E-state index contributed by atoms with van der Waals surface area (Å²) in [6, 6.07) is 15.3. The molecule has 0 radical (unpaired) electrons. The van der Waals surface area contributed by atoms with Crippen LogP contribution in [0.25, 0.3) is 0 Å². The summed E-state index contributed by atoms with van der Waals surface area (Å²) in [6.07, 6.45) is 5.66. The topological polar surface area (TPSA) is 92.6 Å². The SMILES string of the molecule is CC[C@H](C(=O)NC1CCCCC1)N(Cc1ccccc1)C(=O)Cc1ccccc1[N+](=O)[O-]. The van der Waals surface area contributed by atoms with Crippen molar-refractivity contribution in [2.45, 2.75) is 70.5 Å². The van der Waals surface area contributed by atoms with E-state index in [4.69, 9.17) is 0 Å². The lowest BCUT2D eigenvalue weighted by Crippen LogP contribution is -2.52. The third-order valence-corrected chi connectivity index (χ3v) is 6.06. The normalized spacial score (nSPS) is 15.0. The molecule has 1 atom stereocenters. The summed E-state index contributed by atoms with van der Waals surface area (Å²) in [5.74, 6) is -0.444. The molecule has 0 spiro atoms. The van der Waals surface area contributed by atoms with Gasteiger partial charge in [0.25, 0.3) is 5.69 Å². The standard InChI is InChI=1S/C25H31N3O4/c1-2-22(25(30)26-21-14-7-4-8-15-21)27(18-19-11-5-3-6-12-19)24(29)17-20-13-9-10-16-23(20)28(31)32/h3,5-6,9-13,16,21-22H,2,4,7-8,14-15,17-18H2,1H3,(H,26,30)/t22-/m1/s1. The number of carbonyl (C=O) groups excluding carboxylic acids is 2. The van der Waals surface area contributed by atoms with Gasteiger partial charge in [-0.3, -0.25) is 19.7 Å². The first-order valence-corrected chi connectivity index (χ1v) is 11.4. The molecule has 3 rings (SSSR count). The predicted molar refractivity (Wildman–Crippen MR) is 123 cm³/mol. The van der Waals surface area contributed by atoms with E-state index in [0.29, 0.717) is 12.0 Å². The van der Waals surface area contributed by atoms with E-state index in [1.54, 1.807) is 23.1 Å². The Bertz CT molecular complexity index is 926. The van der Waals surface area contributed by atoms with E-state index in [0.717, 1.165) is 31.2 Å². The highest BCUT2D eigenvalue weighted by Crippen LogP contribution is 2.22. The van der Waals surface area contributed by atoms with Crippen LogP contribution >= 0.6 is 0 Å². The maximum Gasteiger partial charge on any atom is 0.273 e. The largest absolute Gasteiger partial charge is 0.352 e. The number of rotatable bonds is 9. The molecule has 0 aromatic heterocycles. The van der Waals surface area contributed by atoms with Gasteiger partial charge < -0.3 is 10.2 Å². The molecular weight excluding hydrogens is 406 g/mol. The number of hydrogen-bond donors (Lipinski definition) is 1. The first-order chi connectivity index (χ1) is 15.5. The lowest BCUT2D eigenvalue weighted by Gasteiger charge is -2.33. The number of nitro groups is 1. The van der Waals surface area contributed by atoms with Crippen molar-refractivity contribution >= 4 is 17.5 Å². The van der Waals surface area contributed by atoms with Crippen molar-refractivity contribution in [3.8, 4) is 0 Å². The highest BCUT2D eigenvalue weighted by Gasteiger charge is 2.31. The average Bonchev–Trinajstić information content (AvgIpc) is 2.80. The first kappa shape index (κ1) is 23.4. The van der Waals surface area contributed by atoms with Crippen LogP contribution in [-0.4, -0.2) is 33.7 Å². The minimum absolute atomic E-state index is 0.0831. The number of nitrogens with one attached hydrogen (secondary N) is 1. The minimum atomic E-state index is -0.632. The second-order valence-corrected chi connectivity index (χ2v) is 8.34. The Kier molecular flexibility index (Phi) is 8.36. The van der Waals surface area contributed by atoms with Gasteiger partial charge in [0.1, 0.15) is 6.04 Å². The molecule has 2 amide bonds. The molecule has 0 bridgehead atoms. The van der Waals surface area contributed by atoms with Crippen LogP contribution in [-0.2, 0) is 22.6 Å². The molecule has 0 unspecified atom stereocenters. The highest BCUT2D eigenvalue weighted by atomic mass is 16.6. The molecule has 2 aromatic rings. The smallest absolute Gasteiger partial charge is 0.273 e. The van der Waals surface area contributed by atoms with Gasteiger partial charge in [-0.1, -0.05) is 74.7 Å². The van der Waals surface area contributed by atoms with Crippen LogP contribution in [0.3, 0.4) is 0 Å². The molecule has 170 valence electrons. The zero-order valence-corrected chi connectivity index (χ0v) is 18.5. The molecule has 1 fully saturated rings. The zero-order chi connectivity index (χ0) is 22.9. The fourth-order valence-electron chi connectivity index (χ4n) is 4.35. The number of carbonyl (C=O) groups is 2. The summed E-state index contributed by atoms with van der Waals surface area (Å²) in [6.45, 7) is 2.16. The molecule has 32 heavy (non-hydrogen) atoms. The van der Waals surface area contributed by atoms with Crippen LogP contribution in [0.5, 0.6) is 0 Å². The summed E-state index contributed by atoms with van der Waals surface area (Å²) in [7, 11) is 0. The van der Waals surface area contributed by atoms with E-state index in [9.17, 15) is 19.7 Å². The molecule has 1 saturated carbocycles. The molecule has 7 nitrogen and oxygen atoms in total. The van der Waals surface area contributed by atoms with Gasteiger partial charge in [-0.05, 0) is 24.8 Å². The molecule has 2 aromatic carbocycles. The Morgan fingerprint density at radius 2 is 1.72 bits per heavy atom. The first-order valence-electron chi connectivity index (χ1n) is 11.4. The van der Waals surface area contributed by atoms with Crippen molar-refractivity contribution in [1.82, 2.24) is 10.2 Å². The summed E-state index contributed by atoms with van der Waals surface area (Å²) in [5.41, 5.74) is 1.18. The van der Waals surface area contributed by atoms with Crippen LogP contribution in [0.2, 0.25) is 0 Å². The fraction of sp³-hybridized carbons (Fsp3) is 0.440. The Morgan fingerprint density at radius 1 is 1.06 bits per heavy atom. The van der Waals surface area contributed by atoms with Gasteiger partial charge in [0.05, 0.1) is 11.3 Å². The van der Waals surface area contributed by atoms with Gasteiger partial charge in [-0.15, -0.1) is 0 Å². The van der Waals surface area contributed by atoms with Crippen molar-refractivity contribution in [2.24, 2.45) is 0 Å². The van der Waals surface area contributed by atoms with Gasteiger partial charge in [0, 0.05) is 24.2 Å². The molecule has 0 heterocycles. The second-order valence-electron chi connectivity index (χ2n) is 8.34. The predicted octanol–water partition coefficient (Wildman–Crippen LogP) is 4.39. The number of nitrogens with zero attached hydrogens (tertiary/aromatic N) is 2. The maximum absolute atomic E-state index is 13.4. The molecule has 7 heteroatoms. The molecule has 1 aliphatic rings. The van der Waals surface area contributed by atoms with Crippen molar-refractivity contribution < 1.29 is 14.5 Å². The number of nitro benzene ring substituents is 1. The Labute approximate surface area is 189 Å². The van der Waals surface area contributed by atoms with E-state index in [2.05, 4.69) is 5.32 Å². The number of amides is 2. The van der Waals surface area contributed by atoms with Gasteiger partial charge in [-0.2, -0.15) is 0 Å². The monoisotopic (exact) mass is 437 g/mol. The molecule has 0 aliphatic heterocycles. The molecule has 1 aliphatic carbocycles. The minimum Gasteiger partial charge on any atom is -0.352 e. The summed E-state index contributed by atoms with van der Waals surface area (Å²) in [5, 5.41) is 14.5. The van der Waals surface area contributed by atoms with Crippen molar-refractivity contribution in [3.63, 3.8) is 0 Å².